The summed E-state index contributed by atoms with van der Waals surface area (Å²) in [5.41, 5.74) is 0. The lowest BCUT2D eigenvalue weighted by Gasteiger charge is -2.40. The summed E-state index contributed by atoms with van der Waals surface area (Å²) in [6.07, 6.45) is 4.34. The van der Waals surface area contributed by atoms with E-state index in [1.165, 1.54) is 19.3 Å². The average molecular weight is 153 g/mol. The van der Waals surface area contributed by atoms with Crippen LogP contribution >= 0.6 is 0 Å². The number of fused-ring (bicyclic) bond motifs is 2. The highest BCUT2D eigenvalue weighted by atomic mass is 15.2. The van der Waals surface area contributed by atoms with Gasteiger partial charge in [-0.1, -0.05) is 13.8 Å². The molecular formula is C10H19N. The van der Waals surface area contributed by atoms with E-state index in [9.17, 15) is 0 Å². The van der Waals surface area contributed by atoms with Gasteiger partial charge in [0.05, 0.1) is 0 Å². The lowest BCUT2D eigenvalue weighted by molar-refractivity contribution is 0.0863. The Bertz CT molecular complexity index is 155. The minimum absolute atomic E-state index is 0.906. The Morgan fingerprint density at radius 3 is 2.64 bits per heavy atom. The van der Waals surface area contributed by atoms with Crippen LogP contribution < -0.4 is 0 Å². The highest BCUT2D eigenvalue weighted by molar-refractivity contribution is 4.95. The fourth-order valence-electron chi connectivity index (χ4n) is 2.98. The van der Waals surface area contributed by atoms with Crippen LogP contribution in [-0.2, 0) is 0 Å². The zero-order valence-electron chi connectivity index (χ0n) is 7.88. The van der Waals surface area contributed by atoms with Crippen molar-refractivity contribution in [2.45, 2.75) is 45.2 Å². The normalized spacial score (nSPS) is 51.5. The van der Waals surface area contributed by atoms with Crippen molar-refractivity contribution in [2.24, 2.45) is 11.8 Å². The van der Waals surface area contributed by atoms with E-state index in [0.717, 1.165) is 23.9 Å². The molecule has 0 spiro atoms. The van der Waals surface area contributed by atoms with E-state index in [1.807, 2.05) is 0 Å². The van der Waals surface area contributed by atoms with Gasteiger partial charge in [-0.05, 0) is 38.1 Å². The summed E-state index contributed by atoms with van der Waals surface area (Å²) in [5, 5.41) is 0. The van der Waals surface area contributed by atoms with E-state index in [4.69, 9.17) is 0 Å². The van der Waals surface area contributed by atoms with Crippen molar-refractivity contribution in [3.8, 4) is 0 Å². The average Bonchev–Trinajstić information content (AvgIpc) is 2.23. The SMILES string of the molecule is C[C@@H]1CC2CCC([C@@H]1C)N2C. The first-order valence-corrected chi connectivity index (χ1v) is 4.92. The van der Waals surface area contributed by atoms with Crippen molar-refractivity contribution in [3.05, 3.63) is 0 Å². The van der Waals surface area contributed by atoms with Crippen LogP contribution in [0.25, 0.3) is 0 Å². The molecule has 0 aromatic rings. The number of rotatable bonds is 0. The van der Waals surface area contributed by atoms with Crippen LogP contribution in [0, 0.1) is 11.8 Å². The summed E-state index contributed by atoms with van der Waals surface area (Å²) in [5.74, 6) is 1.89. The van der Waals surface area contributed by atoms with Gasteiger partial charge in [0.25, 0.3) is 0 Å². The fraction of sp³-hybridized carbons (Fsp3) is 1.00. The molecule has 2 bridgehead atoms. The Morgan fingerprint density at radius 1 is 1.18 bits per heavy atom. The molecule has 2 saturated heterocycles. The minimum atomic E-state index is 0.906. The summed E-state index contributed by atoms with van der Waals surface area (Å²) in [7, 11) is 2.31. The van der Waals surface area contributed by atoms with Crippen LogP contribution in [-0.4, -0.2) is 24.0 Å². The third-order valence-corrected chi connectivity index (χ3v) is 4.04. The van der Waals surface area contributed by atoms with E-state index in [2.05, 4.69) is 25.8 Å². The highest BCUT2D eigenvalue weighted by Gasteiger charge is 2.41. The van der Waals surface area contributed by atoms with Crippen molar-refractivity contribution in [1.29, 1.82) is 0 Å². The smallest absolute Gasteiger partial charge is 0.0124 e. The lowest BCUT2D eigenvalue weighted by atomic mass is 9.83. The molecule has 1 nitrogen and oxygen atoms in total. The van der Waals surface area contributed by atoms with Gasteiger partial charge in [0.15, 0.2) is 0 Å². The third-order valence-electron chi connectivity index (χ3n) is 4.04. The topological polar surface area (TPSA) is 3.24 Å². The van der Waals surface area contributed by atoms with Crippen LogP contribution in [0.3, 0.4) is 0 Å². The molecule has 4 atom stereocenters. The van der Waals surface area contributed by atoms with Gasteiger partial charge >= 0.3 is 0 Å². The molecule has 0 aliphatic carbocycles. The minimum Gasteiger partial charge on any atom is -0.300 e. The Hall–Kier alpha value is -0.0400. The van der Waals surface area contributed by atoms with E-state index < -0.39 is 0 Å². The number of hydrogen-bond acceptors (Lipinski definition) is 1. The molecule has 2 unspecified atom stereocenters. The first kappa shape index (κ1) is 7.60. The van der Waals surface area contributed by atoms with Gasteiger partial charge in [-0.25, -0.2) is 0 Å². The molecule has 2 fully saturated rings. The van der Waals surface area contributed by atoms with Gasteiger partial charge in [-0.15, -0.1) is 0 Å². The summed E-state index contributed by atoms with van der Waals surface area (Å²) in [6, 6.07) is 1.83. The lowest BCUT2D eigenvalue weighted by Crippen LogP contribution is -2.44. The maximum atomic E-state index is 2.62. The second-order valence-corrected chi connectivity index (χ2v) is 4.54. The maximum Gasteiger partial charge on any atom is 0.0124 e. The number of piperidine rings is 1. The Kier molecular flexibility index (Phi) is 1.71. The number of nitrogens with zero attached hydrogens (tertiary/aromatic N) is 1. The summed E-state index contributed by atoms with van der Waals surface area (Å²) < 4.78 is 0. The second kappa shape index (κ2) is 2.48. The molecule has 0 aromatic heterocycles. The van der Waals surface area contributed by atoms with Gasteiger partial charge in [0.1, 0.15) is 0 Å². The first-order valence-electron chi connectivity index (χ1n) is 4.92. The Morgan fingerprint density at radius 2 is 1.91 bits per heavy atom. The predicted octanol–water partition coefficient (Wildman–Crippen LogP) is 2.13. The summed E-state index contributed by atoms with van der Waals surface area (Å²) in [6.45, 7) is 4.84. The zero-order valence-corrected chi connectivity index (χ0v) is 7.88. The predicted molar refractivity (Wildman–Crippen MR) is 47.5 cm³/mol. The van der Waals surface area contributed by atoms with Crippen molar-refractivity contribution < 1.29 is 0 Å². The monoisotopic (exact) mass is 153 g/mol. The van der Waals surface area contributed by atoms with Crippen molar-refractivity contribution in [1.82, 2.24) is 4.90 Å². The zero-order chi connectivity index (χ0) is 8.01. The van der Waals surface area contributed by atoms with E-state index in [0.29, 0.717) is 0 Å². The molecule has 11 heavy (non-hydrogen) atoms. The van der Waals surface area contributed by atoms with Gasteiger partial charge in [-0.3, -0.25) is 0 Å². The molecule has 0 radical (unpaired) electrons. The summed E-state index contributed by atoms with van der Waals surface area (Å²) in [4.78, 5) is 2.62. The van der Waals surface area contributed by atoms with Gasteiger partial charge in [0.2, 0.25) is 0 Å². The van der Waals surface area contributed by atoms with Crippen LogP contribution in [0.5, 0.6) is 0 Å². The van der Waals surface area contributed by atoms with Crippen LogP contribution in [0.4, 0.5) is 0 Å². The van der Waals surface area contributed by atoms with Gasteiger partial charge in [0, 0.05) is 12.1 Å². The molecule has 2 rings (SSSR count). The molecule has 0 amide bonds. The van der Waals surface area contributed by atoms with E-state index >= 15 is 0 Å². The van der Waals surface area contributed by atoms with Crippen molar-refractivity contribution in [3.63, 3.8) is 0 Å². The highest BCUT2D eigenvalue weighted by Crippen LogP contribution is 2.40. The quantitative estimate of drug-likeness (QED) is 0.515. The molecule has 0 N–H and O–H groups in total. The first-order chi connectivity index (χ1) is 5.20. The molecule has 2 aliphatic rings. The molecule has 2 aliphatic heterocycles. The van der Waals surface area contributed by atoms with Gasteiger partial charge < -0.3 is 4.90 Å². The van der Waals surface area contributed by atoms with E-state index in [-0.39, 0.29) is 0 Å². The largest absolute Gasteiger partial charge is 0.300 e. The van der Waals surface area contributed by atoms with Crippen LogP contribution in [0.15, 0.2) is 0 Å². The Balaban J connectivity index is 2.16. The molecule has 1 heteroatoms. The molecule has 64 valence electrons. The standard InChI is InChI=1S/C10H19N/c1-7-6-9-4-5-10(8(7)2)11(9)3/h7-10H,4-6H2,1-3H3/t7-,8-,9?,10?/m1/s1. The molecule has 0 saturated carbocycles. The second-order valence-electron chi connectivity index (χ2n) is 4.54. The number of hydrogen-bond donors (Lipinski definition) is 0. The maximum absolute atomic E-state index is 2.62. The Labute approximate surface area is 69.8 Å². The van der Waals surface area contributed by atoms with Gasteiger partial charge in [-0.2, -0.15) is 0 Å². The van der Waals surface area contributed by atoms with Crippen LogP contribution in [0.2, 0.25) is 0 Å². The molecule has 0 aromatic carbocycles. The van der Waals surface area contributed by atoms with E-state index in [1.54, 1.807) is 0 Å². The molecular weight excluding hydrogens is 134 g/mol. The van der Waals surface area contributed by atoms with Crippen molar-refractivity contribution in [2.75, 3.05) is 7.05 Å². The third kappa shape index (κ3) is 1.01. The van der Waals surface area contributed by atoms with Crippen molar-refractivity contribution >= 4 is 0 Å². The van der Waals surface area contributed by atoms with Crippen LogP contribution in [0.1, 0.15) is 33.1 Å². The summed E-state index contributed by atoms with van der Waals surface area (Å²) >= 11 is 0. The fourth-order valence-corrected chi connectivity index (χ4v) is 2.98. The molecule has 2 heterocycles.